The van der Waals surface area contributed by atoms with Gasteiger partial charge in [-0.1, -0.05) is 43.5 Å². The molecule has 0 bridgehead atoms. The van der Waals surface area contributed by atoms with E-state index in [0.29, 0.717) is 35.4 Å². The lowest BCUT2D eigenvalue weighted by atomic mass is 9.95. The van der Waals surface area contributed by atoms with E-state index in [0.717, 1.165) is 33.9 Å². The summed E-state index contributed by atoms with van der Waals surface area (Å²) in [5.41, 5.74) is 0.304. The zero-order chi connectivity index (χ0) is 26.8. The number of aliphatic carboxylic acids is 1. The average molecular weight is 519 g/mol. The molecule has 11 nitrogen and oxygen atoms in total. The van der Waals surface area contributed by atoms with Crippen LogP contribution in [0, 0.1) is 0 Å². The molecule has 0 unspecified atom stereocenters. The summed E-state index contributed by atoms with van der Waals surface area (Å²) in [7, 11) is 0. The van der Waals surface area contributed by atoms with Crippen molar-refractivity contribution in [3.8, 4) is 17.3 Å². The molecule has 11 heteroatoms. The van der Waals surface area contributed by atoms with Gasteiger partial charge in [0.25, 0.3) is 11.5 Å². The van der Waals surface area contributed by atoms with Crippen LogP contribution in [0.3, 0.4) is 0 Å². The summed E-state index contributed by atoms with van der Waals surface area (Å²) >= 11 is 0. The van der Waals surface area contributed by atoms with Gasteiger partial charge < -0.3 is 19.9 Å². The van der Waals surface area contributed by atoms with Crippen molar-refractivity contribution in [1.29, 1.82) is 0 Å². The molecule has 4 aromatic rings. The minimum absolute atomic E-state index is 0.155. The van der Waals surface area contributed by atoms with Crippen LogP contribution in [0.25, 0.3) is 22.6 Å². The Morgan fingerprint density at radius 1 is 1.03 bits per heavy atom. The number of para-hydroxylation sites is 2. The van der Waals surface area contributed by atoms with Gasteiger partial charge in [0, 0.05) is 11.6 Å². The minimum atomic E-state index is -1.31. The summed E-state index contributed by atoms with van der Waals surface area (Å²) in [6.07, 6.45) is 3.90. The van der Waals surface area contributed by atoms with Crippen molar-refractivity contribution in [3.05, 3.63) is 80.5 Å². The second-order valence-electron chi connectivity index (χ2n) is 9.29. The number of amides is 1. The average Bonchev–Trinajstić information content (AvgIpc) is 3.35. The third-order valence-electron chi connectivity index (χ3n) is 6.75. The van der Waals surface area contributed by atoms with Gasteiger partial charge in [-0.2, -0.15) is 0 Å². The van der Waals surface area contributed by atoms with Crippen LogP contribution in [0.5, 0.6) is 5.88 Å². The highest BCUT2D eigenvalue weighted by atomic mass is 16.4. The Balaban J connectivity index is 1.52. The maximum absolute atomic E-state index is 13.5. The monoisotopic (exact) mass is 518 g/mol. The summed E-state index contributed by atoms with van der Waals surface area (Å²) in [4.78, 5) is 54.9. The highest BCUT2D eigenvalue weighted by Crippen LogP contribution is 2.30. The largest absolute Gasteiger partial charge is 0.494 e. The molecular formula is C27H26N4O7. The molecule has 2 heterocycles. The number of hydrogen-bond donors (Lipinski definition) is 3. The van der Waals surface area contributed by atoms with E-state index < -0.39 is 41.1 Å². The number of aromatic hydroxyl groups is 1. The molecule has 1 fully saturated rings. The van der Waals surface area contributed by atoms with Crippen LogP contribution in [0.2, 0.25) is 0 Å². The fourth-order valence-electron chi connectivity index (χ4n) is 4.84. The molecule has 196 valence electrons. The number of rotatable bonds is 7. The van der Waals surface area contributed by atoms with Gasteiger partial charge >= 0.3 is 11.7 Å². The lowest BCUT2D eigenvalue weighted by Crippen LogP contribution is -2.46. The summed E-state index contributed by atoms with van der Waals surface area (Å²) in [6, 6.07) is 14.0. The number of nitrogens with one attached hydrogen (secondary N) is 1. The normalized spacial score (nSPS) is 14.0. The number of carboxylic acid groups (broad SMARTS) is 1. The Morgan fingerprint density at radius 3 is 2.42 bits per heavy atom. The summed E-state index contributed by atoms with van der Waals surface area (Å²) < 4.78 is 7.80. The standard InChI is InChI=1S/C27H26N4O7/c32-21(33)14-28-23(34)22-25(35)30(27(37)31(26(22)36)18-6-2-1-3-7-18)15-16-10-12-17(13-11-16)24-29-19-8-4-5-9-20(19)38-24/h4-5,8-13,18,36H,1-3,6-7,14-15H2,(H,28,34)(H,32,33). The van der Waals surface area contributed by atoms with E-state index in [-0.39, 0.29) is 12.6 Å². The van der Waals surface area contributed by atoms with Gasteiger partial charge in [0.2, 0.25) is 11.8 Å². The van der Waals surface area contributed by atoms with Gasteiger partial charge in [-0.3, -0.25) is 23.5 Å². The van der Waals surface area contributed by atoms with E-state index in [4.69, 9.17) is 9.52 Å². The van der Waals surface area contributed by atoms with Crippen molar-refractivity contribution in [2.24, 2.45) is 0 Å². The molecule has 0 radical (unpaired) electrons. The molecular weight excluding hydrogens is 492 g/mol. The minimum Gasteiger partial charge on any atom is -0.494 e. The number of oxazole rings is 1. The zero-order valence-electron chi connectivity index (χ0n) is 20.4. The molecule has 38 heavy (non-hydrogen) atoms. The molecule has 0 spiro atoms. The molecule has 1 aliphatic rings. The van der Waals surface area contributed by atoms with E-state index in [1.807, 2.05) is 24.3 Å². The van der Waals surface area contributed by atoms with Gasteiger partial charge in [-0.15, -0.1) is 0 Å². The first kappa shape index (κ1) is 25.0. The molecule has 1 saturated carbocycles. The Bertz CT molecular complexity index is 1590. The predicted molar refractivity (Wildman–Crippen MR) is 137 cm³/mol. The Hall–Kier alpha value is -4.67. The Morgan fingerprint density at radius 2 is 1.74 bits per heavy atom. The van der Waals surface area contributed by atoms with Crippen LogP contribution < -0.4 is 16.6 Å². The van der Waals surface area contributed by atoms with Crippen LogP contribution >= 0.6 is 0 Å². The molecule has 0 saturated heterocycles. The number of nitrogens with zero attached hydrogens (tertiary/aromatic N) is 3. The highest BCUT2D eigenvalue weighted by molar-refractivity contribution is 5.97. The number of fused-ring (bicyclic) bond motifs is 1. The topological polar surface area (TPSA) is 157 Å². The van der Waals surface area contributed by atoms with Gasteiger partial charge in [0.05, 0.1) is 6.54 Å². The quantitative estimate of drug-likeness (QED) is 0.337. The fraction of sp³-hybridized carbons (Fsp3) is 0.296. The maximum Gasteiger partial charge on any atom is 0.334 e. The number of benzene rings is 2. The first-order valence-corrected chi connectivity index (χ1v) is 12.4. The van der Waals surface area contributed by atoms with E-state index >= 15 is 0 Å². The predicted octanol–water partition coefficient (Wildman–Crippen LogP) is 2.89. The number of carboxylic acids is 1. The molecule has 0 atom stereocenters. The Kier molecular flexibility index (Phi) is 6.82. The number of aromatic nitrogens is 3. The van der Waals surface area contributed by atoms with Crippen LogP contribution in [-0.4, -0.2) is 42.8 Å². The maximum atomic E-state index is 13.5. The second kappa shape index (κ2) is 10.4. The first-order chi connectivity index (χ1) is 18.3. The highest BCUT2D eigenvalue weighted by Gasteiger charge is 2.29. The summed E-state index contributed by atoms with van der Waals surface area (Å²) in [5.74, 6) is -2.67. The van der Waals surface area contributed by atoms with E-state index in [1.54, 1.807) is 24.3 Å². The molecule has 0 aliphatic heterocycles. The van der Waals surface area contributed by atoms with Crippen molar-refractivity contribution in [1.82, 2.24) is 19.4 Å². The molecule has 1 aliphatic carbocycles. The lowest BCUT2D eigenvalue weighted by Gasteiger charge is -2.26. The van der Waals surface area contributed by atoms with E-state index in [2.05, 4.69) is 10.3 Å². The first-order valence-electron chi connectivity index (χ1n) is 12.4. The third kappa shape index (κ3) is 4.82. The van der Waals surface area contributed by atoms with Gasteiger partial charge in [0.1, 0.15) is 12.1 Å². The molecule has 3 N–H and O–H groups in total. The molecule has 1 amide bonds. The van der Waals surface area contributed by atoms with Crippen molar-refractivity contribution < 1.29 is 24.2 Å². The lowest BCUT2D eigenvalue weighted by molar-refractivity contribution is -0.135. The van der Waals surface area contributed by atoms with Crippen LogP contribution in [0.4, 0.5) is 0 Å². The number of carbonyl (C=O) groups is 2. The van der Waals surface area contributed by atoms with E-state index in [9.17, 15) is 24.3 Å². The Labute approximate surface area is 216 Å². The molecule has 2 aromatic heterocycles. The second-order valence-corrected chi connectivity index (χ2v) is 9.29. The summed E-state index contributed by atoms with van der Waals surface area (Å²) in [5, 5.41) is 21.9. The zero-order valence-corrected chi connectivity index (χ0v) is 20.4. The van der Waals surface area contributed by atoms with Gasteiger partial charge in [-0.25, -0.2) is 9.78 Å². The fourth-order valence-corrected chi connectivity index (χ4v) is 4.84. The van der Waals surface area contributed by atoms with E-state index in [1.165, 1.54) is 0 Å². The van der Waals surface area contributed by atoms with Crippen molar-refractivity contribution in [2.75, 3.05) is 6.54 Å². The van der Waals surface area contributed by atoms with Crippen molar-refractivity contribution >= 4 is 23.0 Å². The molecule has 5 rings (SSSR count). The van der Waals surface area contributed by atoms with Gasteiger partial charge in [-0.05, 0) is 42.7 Å². The van der Waals surface area contributed by atoms with Crippen LogP contribution in [0.1, 0.15) is 54.1 Å². The third-order valence-corrected chi connectivity index (χ3v) is 6.75. The van der Waals surface area contributed by atoms with Crippen LogP contribution in [-0.2, 0) is 11.3 Å². The van der Waals surface area contributed by atoms with Crippen LogP contribution in [0.15, 0.2) is 62.5 Å². The SMILES string of the molecule is O=C(O)CNC(=O)c1c(O)n(C2CCCCC2)c(=O)n(Cc2ccc(-c3nc4ccccc4o3)cc2)c1=O. The van der Waals surface area contributed by atoms with Crippen molar-refractivity contribution in [3.63, 3.8) is 0 Å². The number of carbonyl (C=O) groups excluding carboxylic acids is 1. The molecule has 2 aromatic carbocycles. The number of hydrogen-bond acceptors (Lipinski definition) is 7. The van der Waals surface area contributed by atoms with Gasteiger partial charge in [0.15, 0.2) is 11.1 Å². The smallest absolute Gasteiger partial charge is 0.334 e. The van der Waals surface area contributed by atoms with Crippen molar-refractivity contribution in [2.45, 2.75) is 44.7 Å². The summed E-state index contributed by atoms with van der Waals surface area (Å²) in [6.45, 7) is -0.894.